The topological polar surface area (TPSA) is 32.3 Å². The molecule has 1 spiro atoms. The molecule has 3 aliphatic rings. The van der Waals surface area contributed by atoms with Crippen LogP contribution in [0.5, 0.6) is 0 Å². The number of rotatable bonds is 3. The van der Waals surface area contributed by atoms with Gasteiger partial charge < -0.3 is 4.90 Å². The first-order chi connectivity index (χ1) is 8.66. The number of carbonyl (C=O) groups excluding carboxylic acids is 1. The maximum absolute atomic E-state index is 12.5. The predicted octanol–water partition coefficient (Wildman–Crippen LogP) is 2.51. The molecular formula is C15H26N2O. The van der Waals surface area contributed by atoms with Crippen molar-refractivity contribution in [3.05, 3.63) is 0 Å². The monoisotopic (exact) mass is 250 g/mol. The molecule has 3 atom stereocenters. The highest BCUT2D eigenvalue weighted by atomic mass is 16.2. The fourth-order valence-electron chi connectivity index (χ4n) is 3.81. The largest absolute Gasteiger partial charge is 0.325 e. The van der Waals surface area contributed by atoms with Gasteiger partial charge in [0.05, 0.1) is 11.7 Å². The van der Waals surface area contributed by atoms with Gasteiger partial charge in [0.1, 0.15) is 0 Å². The third kappa shape index (κ3) is 1.97. The van der Waals surface area contributed by atoms with Crippen LogP contribution in [0.25, 0.3) is 0 Å². The third-order valence-corrected chi connectivity index (χ3v) is 5.35. The number of carbonyl (C=O) groups is 1. The Kier molecular flexibility index (Phi) is 3.13. The van der Waals surface area contributed by atoms with Crippen molar-refractivity contribution in [3.63, 3.8) is 0 Å². The molecule has 3 heteroatoms. The Balaban J connectivity index is 1.68. The first-order valence-corrected chi connectivity index (χ1v) is 7.75. The van der Waals surface area contributed by atoms with E-state index >= 15 is 0 Å². The van der Waals surface area contributed by atoms with E-state index in [1.54, 1.807) is 0 Å². The molecule has 2 saturated carbocycles. The van der Waals surface area contributed by atoms with E-state index in [1.165, 1.54) is 25.7 Å². The minimum absolute atomic E-state index is 0.126. The van der Waals surface area contributed by atoms with Crippen molar-refractivity contribution in [2.24, 2.45) is 11.8 Å². The van der Waals surface area contributed by atoms with E-state index in [2.05, 4.69) is 24.1 Å². The molecule has 3 nitrogen and oxygen atoms in total. The summed E-state index contributed by atoms with van der Waals surface area (Å²) in [7, 11) is 0. The summed E-state index contributed by atoms with van der Waals surface area (Å²) >= 11 is 0. The quantitative estimate of drug-likeness (QED) is 0.834. The second kappa shape index (κ2) is 4.52. The van der Waals surface area contributed by atoms with Gasteiger partial charge in [-0.05, 0) is 37.5 Å². The average molecular weight is 250 g/mol. The summed E-state index contributed by atoms with van der Waals surface area (Å²) < 4.78 is 0. The number of amides is 1. The Morgan fingerprint density at radius 3 is 2.67 bits per heavy atom. The van der Waals surface area contributed by atoms with Gasteiger partial charge in [-0.25, -0.2) is 0 Å². The lowest BCUT2D eigenvalue weighted by molar-refractivity contribution is -0.131. The normalized spacial score (nSPS) is 38.4. The van der Waals surface area contributed by atoms with Crippen LogP contribution in [0, 0.1) is 11.8 Å². The number of hydrogen-bond acceptors (Lipinski definition) is 2. The highest BCUT2D eigenvalue weighted by Crippen LogP contribution is 2.43. The van der Waals surface area contributed by atoms with E-state index in [1.807, 2.05) is 0 Å². The predicted molar refractivity (Wildman–Crippen MR) is 72.0 cm³/mol. The molecule has 1 heterocycles. The van der Waals surface area contributed by atoms with Gasteiger partial charge in [0.25, 0.3) is 0 Å². The zero-order valence-corrected chi connectivity index (χ0v) is 11.7. The summed E-state index contributed by atoms with van der Waals surface area (Å²) in [4.78, 5) is 14.7. The second-order valence-corrected chi connectivity index (χ2v) is 6.63. The summed E-state index contributed by atoms with van der Waals surface area (Å²) in [6.45, 7) is 5.54. The van der Waals surface area contributed by atoms with Crippen LogP contribution in [-0.2, 0) is 4.79 Å². The van der Waals surface area contributed by atoms with E-state index in [0.29, 0.717) is 12.1 Å². The van der Waals surface area contributed by atoms with Gasteiger partial charge in [-0.3, -0.25) is 10.1 Å². The Hall–Kier alpha value is -0.570. The minimum atomic E-state index is -0.126. The fraction of sp³-hybridized carbons (Fsp3) is 0.933. The van der Waals surface area contributed by atoms with E-state index in [4.69, 9.17) is 0 Å². The van der Waals surface area contributed by atoms with Crippen molar-refractivity contribution in [1.29, 1.82) is 0 Å². The van der Waals surface area contributed by atoms with Gasteiger partial charge in [-0.2, -0.15) is 0 Å². The summed E-state index contributed by atoms with van der Waals surface area (Å²) in [5.41, 5.74) is -0.126. The van der Waals surface area contributed by atoms with Crippen LogP contribution in [-0.4, -0.2) is 29.1 Å². The number of nitrogens with one attached hydrogen (secondary N) is 1. The zero-order valence-electron chi connectivity index (χ0n) is 11.7. The van der Waals surface area contributed by atoms with Crippen molar-refractivity contribution in [3.8, 4) is 0 Å². The Labute approximate surface area is 110 Å². The second-order valence-electron chi connectivity index (χ2n) is 6.63. The Bertz CT molecular complexity index is 337. The molecule has 1 N–H and O–H groups in total. The van der Waals surface area contributed by atoms with E-state index in [9.17, 15) is 4.79 Å². The van der Waals surface area contributed by atoms with Crippen LogP contribution in [0.15, 0.2) is 0 Å². The molecule has 18 heavy (non-hydrogen) atoms. The van der Waals surface area contributed by atoms with Gasteiger partial charge in [0.2, 0.25) is 5.91 Å². The van der Waals surface area contributed by atoms with Crippen LogP contribution in [0.1, 0.15) is 58.8 Å². The molecule has 2 aliphatic carbocycles. The molecule has 0 bridgehead atoms. The molecule has 0 aromatic heterocycles. The standard InChI is InChI=1S/C15H26N2O/c1-3-13-16-15(8-9-15)14(18)17(13)10-12-7-5-4-6-11(12)2/h11-13,16H,3-10H2,1-2H3. The molecule has 3 rings (SSSR count). The lowest BCUT2D eigenvalue weighted by atomic mass is 9.80. The van der Waals surface area contributed by atoms with Crippen molar-refractivity contribution in [2.45, 2.75) is 70.5 Å². The van der Waals surface area contributed by atoms with E-state index < -0.39 is 0 Å². The molecule has 0 radical (unpaired) electrons. The molecule has 1 aliphatic heterocycles. The van der Waals surface area contributed by atoms with Gasteiger partial charge in [-0.1, -0.05) is 33.1 Å². The van der Waals surface area contributed by atoms with Crippen LogP contribution in [0.4, 0.5) is 0 Å². The third-order valence-electron chi connectivity index (χ3n) is 5.35. The zero-order chi connectivity index (χ0) is 12.8. The van der Waals surface area contributed by atoms with E-state index in [-0.39, 0.29) is 5.54 Å². The molecule has 102 valence electrons. The van der Waals surface area contributed by atoms with Crippen LogP contribution >= 0.6 is 0 Å². The summed E-state index contributed by atoms with van der Waals surface area (Å²) in [5, 5.41) is 3.57. The molecule has 0 aromatic carbocycles. The van der Waals surface area contributed by atoms with Crippen LogP contribution in [0.2, 0.25) is 0 Å². The van der Waals surface area contributed by atoms with Crippen molar-refractivity contribution in [1.82, 2.24) is 10.2 Å². The minimum Gasteiger partial charge on any atom is -0.325 e. The lowest BCUT2D eigenvalue weighted by Crippen LogP contribution is -2.41. The first-order valence-electron chi connectivity index (χ1n) is 7.75. The summed E-state index contributed by atoms with van der Waals surface area (Å²) in [6.07, 6.45) is 8.84. The molecular weight excluding hydrogens is 224 g/mol. The van der Waals surface area contributed by atoms with Crippen LogP contribution < -0.4 is 5.32 Å². The molecule has 3 unspecified atom stereocenters. The van der Waals surface area contributed by atoms with E-state index in [0.717, 1.165) is 37.6 Å². The highest BCUT2D eigenvalue weighted by Gasteiger charge is 2.58. The summed E-state index contributed by atoms with van der Waals surface area (Å²) in [5.74, 6) is 1.92. The SMILES string of the molecule is CCC1NC2(CC2)C(=O)N1CC1CCCCC1C. The average Bonchev–Trinajstić information content (AvgIpc) is 3.10. The maximum atomic E-state index is 12.5. The van der Waals surface area contributed by atoms with Gasteiger partial charge in [0, 0.05) is 6.54 Å². The van der Waals surface area contributed by atoms with Gasteiger partial charge >= 0.3 is 0 Å². The molecule has 1 amide bonds. The molecule has 1 saturated heterocycles. The fourth-order valence-corrected chi connectivity index (χ4v) is 3.81. The highest BCUT2D eigenvalue weighted by molar-refractivity contribution is 5.91. The Morgan fingerprint density at radius 2 is 2.06 bits per heavy atom. The van der Waals surface area contributed by atoms with Crippen molar-refractivity contribution < 1.29 is 4.79 Å². The summed E-state index contributed by atoms with van der Waals surface area (Å²) in [6, 6.07) is 0. The van der Waals surface area contributed by atoms with Crippen LogP contribution in [0.3, 0.4) is 0 Å². The number of nitrogens with zero attached hydrogens (tertiary/aromatic N) is 1. The molecule has 0 aromatic rings. The van der Waals surface area contributed by atoms with Crippen molar-refractivity contribution in [2.75, 3.05) is 6.54 Å². The van der Waals surface area contributed by atoms with Gasteiger partial charge in [0.15, 0.2) is 0 Å². The Morgan fingerprint density at radius 1 is 1.33 bits per heavy atom. The number of hydrogen-bond donors (Lipinski definition) is 1. The smallest absolute Gasteiger partial charge is 0.244 e. The van der Waals surface area contributed by atoms with Crippen molar-refractivity contribution >= 4 is 5.91 Å². The maximum Gasteiger partial charge on any atom is 0.244 e. The molecule has 3 fully saturated rings. The van der Waals surface area contributed by atoms with Gasteiger partial charge in [-0.15, -0.1) is 0 Å². The lowest BCUT2D eigenvalue weighted by Gasteiger charge is -2.34. The first kappa shape index (κ1) is 12.5.